The smallest absolute Gasteiger partial charge is 0.306 e. The number of hydrogen-bond donors (Lipinski definition) is 2. The van der Waals surface area contributed by atoms with E-state index >= 15 is 0 Å². The van der Waals surface area contributed by atoms with Crippen LogP contribution in [0.25, 0.3) is 0 Å². The molecule has 0 atom stereocenters. The zero-order valence-corrected chi connectivity index (χ0v) is 12.4. The number of hydrogen-bond acceptors (Lipinski definition) is 3. The Hall–Kier alpha value is -1.40. The molecule has 0 heterocycles. The van der Waals surface area contributed by atoms with Crippen LogP contribution in [0.5, 0.6) is 0 Å². The molecule has 1 saturated carbocycles. The second-order valence-electron chi connectivity index (χ2n) is 6.19. The first-order chi connectivity index (χ1) is 9.82. The van der Waals surface area contributed by atoms with E-state index in [4.69, 9.17) is 5.11 Å². The van der Waals surface area contributed by atoms with Crippen LogP contribution >= 0.6 is 0 Å². The summed E-state index contributed by atoms with van der Waals surface area (Å²) >= 11 is 0. The lowest BCUT2D eigenvalue weighted by molar-refractivity contribution is -0.143. The summed E-state index contributed by atoms with van der Waals surface area (Å²) < 4.78 is 31.9. The highest BCUT2D eigenvalue weighted by Gasteiger charge is 2.43. The van der Waals surface area contributed by atoms with E-state index in [2.05, 4.69) is 0 Å². The minimum Gasteiger partial charge on any atom is -0.481 e. The van der Waals surface area contributed by atoms with E-state index in [1.807, 2.05) is 0 Å². The van der Waals surface area contributed by atoms with Crippen molar-refractivity contribution in [1.29, 1.82) is 0 Å². The number of carboxylic acids is 1. The molecule has 0 bridgehead atoms. The van der Waals surface area contributed by atoms with Crippen LogP contribution in [0.4, 0.5) is 0 Å². The Balaban J connectivity index is 1.95. The van der Waals surface area contributed by atoms with E-state index < -0.39 is 16.1 Å². The van der Waals surface area contributed by atoms with Crippen molar-refractivity contribution in [2.24, 2.45) is 5.92 Å². The van der Waals surface area contributed by atoms with Gasteiger partial charge in [-0.3, -0.25) is 9.35 Å². The van der Waals surface area contributed by atoms with Crippen LogP contribution in [-0.4, -0.2) is 24.0 Å². The average Bonchev–Trinajstić information content (AvgIpc) is 2.77. The predicted octanol–water partition coefficient (Wildman–Crippen LogP) is 2.39. The van der Waals surface area contributed by atoms with Crippen molar-refractivity contribution in [3.8, 4) is 0 Å². The van der Waals surface area contributed by atoms with Gasteiger partial charge in [0.25, 0.3) is 10.1 Å². The van der Waals surface area contributed by atoms with E-state index in [0.717, 1.165) is 36.8 Å². The van der Waals surface area contributed by atoms with Crippen LogP contribution in [0.15, 0.2) is 23.1 Å². The van der Waals surface area contributed by atoms with Crippen molar-refractivity contribution >= 4 is 16.1 Å². The number of aryl methyl sites for hydroxylation is 1. The Morgan fingerprint density at radius 3 is 2.43 bits per heavy atom. The number of fused-ring (bicyclic) bond motifs is 2. The topological polar surface area (TPSA) is 91.7 Å². The molecule has 0 unspecified atom stereocenters. The second kappa shape index (κ2) is 4.81. The van der Waals surface area contributed by atoms with Gasteiger partial charge in [0.05, 0.1) is 10.8 Å². The van der Waals surface area contributed by atoms with Crippen LogP contribution in [0.3, 0.4) is 0 Å². The molecule has 5 nitrogen and oxygen atoms in total. The third kappa shape index (κ3) is 2.46. The molecule has 2 aliphatic rings. The van der Waals surface area contributed by atoms with Gasteiger partial charge in [0.2, 0.25) is 0 Å². The first-order valence-electron chi connectivity index (χ1n) is 7.16. The molecule has 0 saturated heterocycles. The molecule has 2 N–H and O–H groups in total. The molecule has 21 heavy (non-hydrogen) atoms. The summed E-state index contributed by atoms with van der Waals surface area (Å²) in [6.07, 6.45) is 4.62. The Bertz CT molecular complexity index is 684. The van der Waals surface area contributed by atoms with E-state index in [9.17, 15) is 17.8 Å². The molecule has 1 aromatic rings. The minimum atomic E-state index is -4.20. The summed E-state index contributed by atoms with van der Waals surface area (Å²) in [5.41, 5.74) is 2.00. The summed E-state index contributed by atoms with van der Waals surface area (Å²) in [5.74, 6) is -1.03. The van der Waals surface area contributed by atoms with Gasteiger partial charge in [-0.05, 0) is 67.2 Å². The number of carboxylic acid groups (broad SMARTS) is 1. The molecule has 1 spiro atoms. The van der Waals surface area contributed by atoms with Gasteiger partial charge in [0.15, 0.2) is 0 Å². The molecule has 0 radical (unpaired) electrons. The lowest BCUT2D eigenvalue weighted by Gasteiger charge is -2.37. The van der Waals surface area contributed by atoms with Gasteiger partial charge in [-0.2, -0.15) is 8.42 Å². The maximum Gasteiger partial charge on any atom is 0.306 e. The molecule has 2 aliphatic carbocycles. The fourth-order valence-electron chi connectivity index (χ4n) is 3.87. The van der Waals surface area contributed by atoms with Gasteiger partial charge in [0, 0.05) is 0 Å². The van der Waals surface area contributed by atoms with E-state index in [0.29, 0.717) is 12.8 Å². The first-order valence-corrected chi connectivity index (χ1v) is 8.60. The van der Waals surface area contributed by atoms with Crippen molar-refractivity contribution in [3.63, 3.8) is 0 Å². The number of rotatable bonds is 2. The van der Waals surface area contributed by atoms with Crippen LogP contribution in [0.2, 0.25) is 0 Å². The van der Waals surface area contributed by atoms with Gasteiger partial charge < -0.3 is 5.11 Å². The molecular weight excluding hydrogens is 292 g/mol. The quantitative estimate of drug-likeness (QED) is 0.818. The van der Waals surface area contributed by atoms with Crippen molar-refractivity contribution < 1.29 is 22.9 Å². The normalized spacial score (nSPS) is 28.5. The maximum atomic E-state index is 11.3. The van der Waals surface area contributed by atoms with Crippen molar-refractivity contribution in [3.05, 3.63) is 29.3 Å². The number of aliphatic carboxylic acids is 1. The van der Waals surface area contributed by atoms with Crippen molar-refractivity contribution in [1.82, 2.24) is 0 Å². The summed E-state index contributed by atoms with van der Waals surface area (Å²) in [6, 6.07) is 4.80. The highest BCUT2D eigenvalue weighted by molar-refractivity contribution is 7.85. The Kier molecular flexibility index (Phi) is 3.33. The van der Waals surface area contributed by atoms with Gasteiger partial charge in [0.1, 0.15) is 0 Å². The Labute approximate surface area is 123 Å². The SMILES string of the molecule is O=C(O)C1CCC2(CCc3ccc(S(=O)(=O)O)cc32)CC1. The zero-order chi connectivity index (χ0) is 15.3. The molecule has 1 aromatic carbocycles. The zero-order valence-electron chi connectivity index (χ0n) is 11.6. The van der Waals surface area contributed by atoms with Gasteiger partial charge in [-0.15, -0.1) is 0 Å². The molecule has 6 heteroatoms. The largest absolute Gasteiger partial charge is 0.481 e. The molecule has 3 rings (SSSR count). The van der Waals surface area contributed by atoms with Crippen LogP contribution in [0, 0.1) is 5.92 Å². The summed E-state index contributed by atoms with van der Waals surface area (Å²) in [6.45, 7) is 0. The molecule has 0 aromatic heterocycles. The lowest BCUT2D eigenvalue weighted by atomic mass is 9.67. The predicted molar refractivity (Wildman–Crippen MR) is 75.8 cm³/mol. The molecular formula is C15H18O5S. The summed E-state index contributed by atoms with van der Waals surface area (Å²) in [4.78, 5) is 11.0. The van der Waals surface area contributed by atoms with Gasteiger partial charge in [-0.25, -0.2) is 0 Å². The summed E-state index contributed by atoms with van der Waals surface area (Å²) in [7, 11) is -4.20. The van der Waals surface area contributed by atoms with Crippen LogP contribution < -0.4 is 0 Å². The van der Waals surface area contributed by atoms with Crippen molar-refractivity contribution in [2.45, 2.75) is 48.8 Å². The number of benzene rings is 1. The molecule has 114 valence electrons. The third-order valence-electron chi connectivity index (χ3n) is 5.12. The molecule has 1 fully saturated rings. The van der Waals surface area contributed by atoms with Gasteiger partial charge >= 0.3 is 5.97 Å². The highest BCUT2D eigenvalue weighted by Crippen LogP contribution is 2.50. The standard InChI is InChI=1S/C15H18O5S/c16-14(17)11-4-7-15(8-5-11)6-3-10-1-2-12(9-13(10)15)21(18,19)20/h1-2,9,11H,3-8H2,(H,16,17)(H,18,19,20). The third-order valence-corrected chi connectivity index (χ3v) is 5.97. The summed E-state index contributed by atoms with van der Waals surface area (Å²) in [5, 5.41) is 9.10. The number of carbonyl (C=O) groups is 1. The molecule has 0 amide bonds. The van der Waals surface area contributed by atoms with Crippen LogP contribution in [0.1, 0.15) is 43.2 Å². The monoisotopic (exact) mass is 310 g/mol. The molecule has 0 aliphatic heterocycles. The Morgan fingerprint density at radius 1 is 1.19 bits per heavy atom. The van der Waals surface area contributed by atoms with Crippen molar-refractivity contribution in [2.75, 3.05) is 0 Å². The Morgan fingerprint density at radius 2 is 1.86 bits per heavy atom. The average molecular weight is 310 g/mol. The highest BCUT2D eigenvalue weighted by atomic mass is 32.2. The second-order valence-corrected chi connectivity index (χ2v) is 7.61. The van der Waals surface area contributed by atoms with E-state index in [1.54, 1.807) is 12.1 Å². The lowest BCUT2D eigenvalue weighted by Crippen LogP contribution is -2.32. The maximum absolute atomic E-state index is 11.3. The van der Waals surface area contributed by atoms with E-state index in [1.165, 1.54) is 6.07 Å². The fraction of sp³-hybridized carbons (Fsp3) is 0.533. The van der Waals surface area contributed by atoms with E-state index in [-0.39, 0.29) is 16.2 Å². The fourth-order valence-corrected chi connectivity index (χ4v) is 4.38. The first kappa shape index (κ1) is 14.5. The van der Waals surface area contributed by atoms with Gasteiger partial charge in [-0.1, -0.05) is 6.07 Å². The van der Waals surface area contributed by atoms with Crippen LogP contribution in [-0.2, 0) is 26.7 Å². The minimum absolute atomic E-state index is 0.0668.